The van der Waals surface area contributed by atoms with Crippen LogP contribution >= 0.6 is 0 Å². The summed E-state index contributed by atoms with van der Waals surface area (Å²) in [6, 6.07) is 16.7. The van der Waals surface area contributed by atoms with Crippen molar-refractivity contribution in [3.63, 3.8) is 0 Å². The number of ether oxygens (including phenoxy) is 1. The number of morpholine rings is 1. The van der Waals surface area contributed by atoms with E-state index in [0.717, 1.165) is 43.1 Å². The third kappa shape index (κ3) is 4.78. The summed E-state index contributed by atoms with van der Waals surface area (Å²) >= 11 is 0. The highest BCUT2D eigenvalue weighted by molar-refractivity contribution is 7.89. The smallest absolute Gasteiger partial charge is 0.244 e. The van der Waals surface area contributed by atoms with E-state index >= 15 is 0 Å². The molecular formula is C24H27N7O3S. The zero-order chi connectivity index (χ0) is 24.4. The van der Waals surface area contributed by atoms with Crippen molar-refractivity contribution in [2.75, 3.05) is 55.9 Å². The monoisotopic (exact) mass is 493 g/mol. The molecule has 4 aromatic rings. The van der Waals surface area contributed by atoms with Gasteiger partial charge in [0, 0.05) is 44.8 Å². The van der Waals surface area contributed by atoms with Crippen LogP contribution in [-0.4, -0.2) is 68.1 Å². The molecule has 3 heterocycles. The summed E-state index contributed by atoms with van der Waals surface area (Å²) in [5.41, 5.74) is 3.04. The van der Waals surface area contributed by atoms with Gasteiger partial charge in [0.2, 0.25) is 16.0 Å². The van der Waals surface area contributed by atoms with Gasteiger partial charge in [-0.05, 0) is 42.5 Å². The Hall–Kier alpha value is -3.67. The summed E-state index contributed by atoms with van der Waals surface area (Å²) in [7, 11) is -0.633. The lowest BCUT2D eigenvalue weighted by Gasteiger charge is -2.28. The summed E-state index contributed by atoms with van der Waals surface area (Å²) in [5, 5.41) is 7.20. The van der Waals surface area contributed by atoms with Gasteiger partial charge in [-0.15, -0.1) is 0 Å². The van der Waals surface area contributed by atoms with Crippen LogP contribution in [0.4, 0.5) is 28.8 Å². The lowest BCUT2D eigenvalue weighted by Crippen LogP contribution is -2.36. The normalized spacial score (nSPS) is 14.4. The van der Waals surface area contributed by atoms with Crippen molar-refractivity contribution in [2.24, 2.45) is 0 Å². The maximum atomic E-state index is 12.8. The summed E-state index contributed by atoms with van der Waals surface area (Å²) in [6.07, 6.45) is 1.77. The van der Waals surface area contributed by atoms with Crippen molar-refractivity contribution in [3.05, 3.63) is 60.8 Å². The van der Waals surface area contributed by atoms with Crippen molar-refractivity contribution >= 4 is 49.9 Å². The van der Waals surface area contributed by atoms with E-state index in [-0.39, 0.29) is 4.90 Å². The molecule has 1 aliphatic rings. The first-order valence-corrected chi connectivity index (χ1v) is 12.7. The van der Waals surface area contributed by atoms with Gasteiger partial charge in [-0.25, -0.2) is 12.7 Å². The zero-order valence-corrected chi connectivity index (χ0v) is 20.3. The van der Waals surface area contributed by atoms with E-state index in [0.29, 0.717) is 23.1 Å². The first-order chi connectivity index (χ1) is 16.9. The zero-order valence-electron chi connectivity index (χ0n) is 19.5. The number of hydrogen-bond donors (Lipinski definition) is 3. The Kier molecular flexibility index (Phi) is 6.29. The Morgan fingerprint density at radius 3 is 2.46 bits per heavy atom. The molecule has 0 spiro atoms. The van der Waals surface area contributed by atoms with Crippen molar-refractivity contribution in [3.8, 4) is 0 Å². The number of rotatable bonds is 7. The molecule has 0 amide bonds. The predicted molar refractivity (Wildman–Crippen MR) is 137 cm³/mol. The molecule has 1 aliphatic heterocycles. The molecule has 0 bridgehead atoms. The van der Waals surface area contributed by atoms with Crippen LogP contribution in [-0.2, 0) is 14.8 Å². The van der Waals surface area contributed by atoms with Crippen LogP contribution in [0.5, 0.6) is 0 Å². The second-order valence-corrected chi connectivity index (χ2v) is 10.4. The molecule has 182 valence electrons. The lowest BCUT2D eigenvalue weighted by atomic mass is 10.2. The Labute approximate surface area is 204 Å². The third-order valence-electron chi connectivity index (χ3n) is 5.81. The Balaban J connectivity index is 1.44. The number of para-hydroxylation sites is 1. The number of aromatic nitrogens is 3. The molecule has 11 heteroatoms. The summed E-state index contributed by atoms with van der Waals surface area (Å²) in [5.74, 6) is 0.875. The number of nitrogens with one attached hydrogen (secondary N) is 3. The van der Waals surface area contributed by atoms with Crippen molar-refractivity contribution in [2.45, 2.75) is 4.90 Å². The lowest BCUT2D eigenvalue weighted by molar-refractivity contribution is 0.122. The van der Waals surface area contributed by atoms with Gasteiger partial charge in [-0.1, -0.05) is 12.1 Å². The quantitative estimate of drug-likeness (QED) is 0.358. The summed E-state index contributed by atoms with van der Waals surface area (Å²) < 4.78 is 32.3. The molecule has 3 N–H and O–H groups in total. The minimum atomic E-state index is -3.65. The first kappa shape index (κ1) is 23.1. The highest BCUT2D eigenvalue weighted by Crippen LogP contribution is 2.30. The number of sulfonamides is 1. The molecule has 10 nitrogen and oxygen atoms in total. The second kappa shape index (κ2) is 9.53. The van der Waals surface area contributed by atoms with E-state index in [1.807, 2.05) is 18.2 Å². The van der Waals surface area contributed by atoms with E-state index in [9.17, 15) is 8.42 Å². The van der Waals surface area contributed by atoms with Gasteiger partial charge in [0.25, 0.3) is 0 Å². The number of nitrogens with zero attached hydrogens (tertiary/aromatic N) is 4. The molecule has 5 rings (SSSR count). The number of benzene rings is 2. The van der Waals surface area contributed by atoms with E-state index in [4.69, 9.17) is 4.74 Å². The van der Waals surface area contributed by atoms with Crippen molar-refractivity contribution < 1.29 is 13.2 Å². The molecule has 2 aromatic carbocycles. The van der Waals surface area contributed by atoms with Crippen LogP contribution in [0, 0.1) is 0 Å². The average Bonchev–Trinajstić information content (AvgIpc) is 3.34. The van der Waals surface area contributed by atoms with Gasteiger partial charge in [-0.2, -0.15) is 9.97 Å². The molecule has 2 aromatic heterocycles. The van der Waals surface area contributed by atoms with Gasteiger partial charge in [0.1, 0.15) is 16.4 Å². The van der Waals surface area contributed by atoms with Crippen LogP contribution in [0.3, 0.4) is 0 Å². The van der Waals surface area contributed by atoms with Crippen LogP contribution < -0.4 is 15.5 Å². The molecule has 35 heavy (non-hydrogen) atoms. The van der Waals surface area contributed by atoms with Gasteiger partial charge in [-0.3, -0.25) is 0 Å². The molecule has 0 radical (unpaired) electrons. The highest BCUT2D eigenvalue weighted by Gasteiger charge is 2.22. The van der Waals surface area contributed by atoms with Gasteiger partial charge < -0.3 is 25.3 Å². The molecule has 0 saturated carbocycles. The molecule has 0 unspecified atom stereocenters. The number of hydrogen-bond acceptors (Lipinski definition) is 8. The number of H-pyrrole nitrogens is 1. The maximum absolute atomic E-state index is 12.8. The van der Waals surface area contributed by atoms with E-state index < -0.39 is 10.0 Å². The Bertz CT molecular complexity index is 1430. The molecular weight excluding hydrogens is 466 g/mol. The Morgan fingerprint density at radius 2 is 1.71 bits per heavy atom. The van der Waals surface area contributed by atoms with Gasteiger partial charge >= 0.3 is 0 Å². The maximum Gasteiger partial charge on any atom is 0.244 e. The highest BCUT2D eigenvalue weighted by atomic mass is 32.2. The summed E-state index contributed by atoms with van der Waals surface area (Å²) in [6.45, 7) is 3.22. The fraction of sp³-hybridized carbons (Fsp3) is 0.250. The summed E-state index contributed by atoms with van der Waals surface area (Å²) in [4.78, 5) is 14.8. The number of fused-ring (bicyclic) bond motifs is 1. The van der Waals surface area contributed by atoms with Crippen LogP contribution in [0.2, 0.25) is 0 Å². The standard InChI is InChI=1S/C24H27N7O3S/c1-30(2)35(32,33)21-6-4-3-5-20(21)27-23-19-11-12-25-22(19)28-24(29-23)26-17-7-9-18(10-8-17)31-13-15-34-16-14-31/h3-12H,13-16H2,1-2H3,(H3,25,26,27,28,29). The van der Waals surface area contributed by atoms with E-state index in [2.05, 4.69) is 42.6 Å². The van der Waals surface area contributed by atoms with Crippen LogP contribution in [0.25, 0.3) is 11.0 Å². The molecule has 1 saturated heterocycles. The van der Waals surface area contributed by atoms with Crippen molar-refractivity contribution in [1.82, 2.24) is 19.3 Å². The van der Waals surface area contributed by atoms with Crippen molar-refractivity contribution in [1.29, 1.82) is 0 Å². The molecule has 0 atom stereocenters. The predicted octanol–water partition coefficient (Wildman–Crippen LogP) is 3.53. The number of aromatic amines is 1. The largest absolute Gasteiger partial charge is 0.378 e. The Morgan fingerprint density at radius 1 is 0.971 bits per heavy atom. The SMILES string of the molecule is CN(C)S(=O)(=O)c1ccccc1Nc1nc(Nc2ccc(N3CCOCC3)cc2)nc2[nH]ccc12. The van der Waals surface area contributed by atoms with Gasteiger partial charge in [0.15, 0.2) is 0 Å². The van der Waals surface area contributed by atoms with Gasteiger partial charge in [0.05, 0.1) is 24.3 Å². The molecule has 0 aliphatic carbocycles. The second-order valence-electron chi connectivity index (χ2n) is 8.32. The fourth-order valence-corrected chi connectivity index (χ4v) is 4.96. The minimum absolute atomic E-state index is 0.167. The first-order valence-electron chi connectivity index (χ1n) is 11.3. The van der Waals surface area contributed by atoms with E-state index in [1.54, 1.807) is 30.5 Å². The van der Waals surface area contributed by atoms with Crippen LogP contribution in [0.15, 0.2) is 65.7 Å². The van der Waals surface area contributed by atoms with E-state index in [1.165, 1.54) is 18.4 Å². The number of anilines is 5. The fourth-order valence-electron chi connectivity index (χ4n) is 3.92. The average molecular weight is 494 g/mol. The van der Waals surface area contributed by atoms with Crippen LogP contribution in [0.1, 0.15) is 0 Å². The topological polar surface area (TPSA) is 115 Å². The minimum Gasteiger partial charge on any atom is -0.378 e. The third-order valence-corrected chi connectivity index (χ3v) is 7.69. The molecule has 1 fully saturated rings.